The van der Waals surface area contributed by atoms with Crippen molar-refractivity contribution in [1.82, 2.24) is 0 Å². The molecule has 0 aliphatic rings. The van der Waals surface area contributed by atoms with Gasteiger partial charge in [0.1, 0.15) is 12.4 Å². The lowest BCUT2D eigenvalue weighted by Crippen LogP contribution is -2.11. The van der Waals surface area contributed by atoms with Crippen LogP contribution in [-0.4, -0.2) is 18.1 Å². The summed E-state index contributed by atoms with van der Waals surface area (Å²) in [6.07, 6.45) is 0. The van der Waals surface area contributed by atoms with Gasteiger partial charge in [0.05, 0.1) is 4.92 Å². The normalized spacial score (nSPS) is 9.44. The number of ether oxygens (including phenoxy) is 1. The average molecular weight is 247 g/mol. The van der Waals surface area contributed by atoms with Crippen molar-refractivity contribution in [3.05, 3.63) is 33.4 Å². The molecular formula is C10H15ClN2O3. The summed E-state index contributed by atoms with van der Waals surface area (Å²) >= 11 is 0. The molecule has 0 radical (unpaired) electrons. The number of nitrogens with zero attached hydrogens (tertiary/aromatic N) is 1. The predicted octanol–water partition coefficient (Wildman–Crippen LogP) is 1.97. The van der Waals surface area contributed by atoms with E-state index in [1.807, 2.05) is 0 Å². The summed E-state index contributed by atoms with van der Waals surface area (Å²) in [6, 6.07) is 3.18. The Hall–Kier alpha value is -1.33. The minimum Gasteiger partial charge on any atom is -0.492 e. The number of nitrogens with two attached hydrogens (primary N) is 1. The quantitative estimate of drug-likeness (QED) is 0.651. The Balaban J connectivity index is 0.00000225. The minimum absolute atomic E-state index is 0. The Bertz CT molecular complexity index is 383. The van der Waals surface area contributed by atoms with Gasteiger partial charge in [-0.1, -0.05) is 0 Å². The Labute approximate surface area is 100 Å². The first-order valence-electron chi connectivity index (χ1n) is 4.64. The Morgan fingerprint density at radius 3 is 2.50 bits per heavy atom. The van der Waals surface area contributed by atoms with Gasteiger partial charge < -0.3 is 10.5 Å². The van der Waals surface area contributed by atoms with Crippen LogP contribution in [-0.2, 0) is 0 Å². The standard InChI is InChI=1S/C10H14N2O3.ClH/c1-7-6-10(15-4-3-11)8(2)5-9(7)12(13)14;/h5-6H,3-4,11H2,1-2H3;1H. The van der Waals surface area contributed by atoms with Gasteiger partial charge in [0.25, 0.3) is 5.69 Å². The summed E-state index contributed by atoms with van der Waals surface area (Å²) in [5.41, 5.74) is 6.77. The monoisotopic (exact) mass is 246 g/mol. The number of hydrogen-bond donors (Lipinski definition) is 1. The summed E-state index contributed by atoms with van der Waals surface area (Å²) < 4.78 is 5.35. The number of rotatable bonds is 4. The lowest BCUT2D eigenvalue weighted by atomic mass is 10.1. The summed E-state index contributed by atoms with van der Waals surface area (Å²) in [5, 5.41) is 10.6. The Morgan fingerprint density at radius 1 is 1.38 bits per heavy atom. The van der Waals surface area contributed by atoms with E-state index in [9.17, 15) is 10.1 Å². The van der Waals surface area contributed by atoms with E-state index in [-0.39, 0.29) is 18.1 Å². The largest absolute Gasteiger partial charge is 0.492 e. The highest BCUT2D eigenvalue weighted by atomic mass is 35.5. The number of halogens is 1. The molecule has 0 bridgehead atoms. The SMILES string of the molecule is Cc1cc([N+](=O)[O-])c(C)cc1OCCN.Cl. The van der Waals surface area contributed by atoms with Crippen LogP contribution in [0, 0.1) is 24.0 Å². The molecule has 0 unspecified atom stereocenters. The number of nitro benzene ring substituents is 1. The van der Waals surface area contributed by atoms with Crippen molar-refractivity contribution in [3.8, 4) is 5.75 Å². The van der Waals surface area contributed by atoms with Crippen LogP contribution in [0.25, 0.3) is 0 Å². The molecule has 5 nitrogen and oxygen atoms in total. The van der Waals surface area contributed by atoms with Crippen LogP contribution in [0.15, 0.2) is 12.1 Å². The molecule has 0 saturated heterocycles. The molecule has 1 aromatic rings. The summed E-state index contributed by atoms with van der Waals surface area (Å²) in [7, 11) is 0. The van der Waals surface area contributed by atoms with Gasteiger partial charge >= 0.3 is 0 Å². The van der Waals surface area contributed by atoms with Crippen LogP contribution in [0.2, 0.25) is 0 Å². The Kier molecular flexibility index (Phi) is 5.77. The molecule has 0 spiro atoms. The van der Waals surface area contributed by atoms with Gasteiger partial charge in [-0.2, -0.15) is 0 Å². The molecule has 16 heavy (non-hydrogen) atoms. The van der Waals surface area contributed by atoms with Crippen molar-refractivity contribution in [2.24, 2.45) is 5.73 Å². The number of nitro groups is 1. The molecule has 0 aromatic heterocycles. The second kappa shape index (κ2) is 6.30. The molecule has 0 saturated carbocycles. The molecule has 90 valence electrons. The van der Waals surface area contributed by atoms with Crippen LogP contribution < -0.4 is 10.5 Å². The van der Waals surface area contributed by atoms with Gasteiger partial charge in [-0.15, -0.1) is 12.4 Å². The van der Waals surface area contributed by atoms with Crippen molar-refractivity contribution in [2.45, 2.75) is 13.8 Å². The van der Waals surface area contributed by atoms with Gasteiger partial charge in [0.2, 0.25) is 0 Å². The first kappa shape index (κ1) is 14.7. The lowest BCUT2D eigenvalue weighted by molar-refractivity contribution is -0.385. The fraction of sp³-hybridized carbons (Fsp3) is 0.400. The Morgan fingerprint density at radius 2 is 2.00 bits per heavy atom. The van der Waals surface area contributed by atoms with E-state index in [1.165, 1.54) is 6.07 Å². The highest BCUT2D eigenvalue weighted by molar-refractivity contribution is 5.85. The van der Waals surface area contributed by atoms with E-state index in [0.717, 1.165) is 5.56 Å². The molecule has 2 N–H and O–H groups in total. The van der Waals surface area contributed by atoms with Crippen LogP contribution in [0.3, 0.4) is 0 Å². The van der Waals surface area contributed by atoms with Crippen LogP contribution in [0.1, 0.15) is 11.1 Å². The molecule has 1 rings (SSSR count). The zero-order valence-corrected chi connectivity index (χ0v) is 10.0. The second-order valence-electron chi connectivity index (χ2n) is 3.30. The lowest BCUT2D eigenvalue weighted by Gasteiger charge is -2.09. The second-order valence-corrected chi connectivity index (χ2v) is 3.30. The number of aryl methyl sites for hydroxylation is 2. The molecule has 0 aliphatic heterocycles. The van der Waals surface area contributed by atoms with E-state index in [2.05, 4.69) is 0 Å². The van der Waals surface area contributed by atoms with Gasteiger partial charge in [0, 0.05) is 18.2 Å². The van der Waals surface area contributed by atoms with E-state index >= 15 is 0 Å². The van der Waals surface area contributed by atoms with E-state index < -0.39 is 4.92 Å². The van der Waals surface area contributed by atoms with Gasteiger partial charge in [0.15, 0.2) is 0 Å². The van der Waals surface area contributed by atoms with Crippen molar-refractivity contribution in [2.75, 3.05) is 13.2 Å². The fourth-order valence-electron chi connectivity index (χ4n) is 1.30. The summed E-state index contributed by atoms with van der Waals surface area (Å²) in [6.45, 7) is 4.30. The molecule has 0 atom stereocenters. The topological polar surface area (TPSA) is 78.4 Å². The molecular weight excluding hydrogens is 232 g/mol. The third-order valence-corrected chi connectivity index (χ3v) is 2.07. The van der Waals surface area contributed by atoms with Gasteiger partial charge in [-0.05, 0) is 25.5 Å². The van der Waals surface area contributed by atoms with Crippen LogP contribution in [0.5, 0.6) is 5.75 Å². The fourth-order valence-corrected chi connectivity index (χ4v) is 1.30. The zero-order chi connectivity index (χ0) is 11.4. The third kappa shape index (κ3) is 3.36. The highest BCUT2D eigenvalue weighted by Gasteiger charge is 2.13. The van der Waals surface area contributed by atoms with Crippen molar-refractivity contribution in [3.63, 3.8) is 0 Å². The molecule has 6 heteroatoms. The molecule has 0 heterocycles. The first-order valence-corrected chi connectivity index (χ1v) is 4.64. The third-order valence-electron chi connectivity index (χ3n) is 2.07. The van der Waals surface area contributed by atoms with Crippen LogP contribution >= 0.6 is 12.4 Å². The zero-order valence-electron chi connectivity index (χ0n) is 9.23. The molecule has 0 amide bonds. The number of benzene rings is 1. The molecule has 1 aromatic carbocycles. The number of hydrogen-bond acceptors (Lipinski definition) is 4. The summed E-state index contributed by atoms with van der Waals surface area (Å²) in [4.78, 5) is 10.3. The predicted molar refractivity (Wildman–Crippen MR) is 64.4 cm³/mol. The maximum atomic E-state index is 10.6. The maximum Gasteiger partial charge on any atom is 0.272 e. The van der Waals surface area contributed by atoms with Crippen LogP contribution in [0.4, 0.5) is 5.69 Å². The van der Waals surface area contributed by atoms with E-state index in [0.29, 0.717) is 24.5 Å². The summed E-state index contributed by atoms with van der Waals surface area (Å²) in [5.74, 6) is 0.656. The molecule has 0 fully saturated rings. The maximum absolute atomic E-state index is 10.6. The van der Waals surface area contributed by atoms with Crippen molar-refractivity contribution < 1.29 is 9.66 Å². The van der Waals surface area contributed by atoms with Crippen molar-refractivity contribution in [1.29, 1.82) is 0 Å². The van der Waals surface area contributed by atoms with E-state index in [1.54, 1.807) is 19.9 Å². The average Bonchev–Trinajstić information content (AvgIpc) is 2.18. The van der Waals surface area contributed by atoms with Gasteiger partial charge in [-0.3, -0.25) is 10.1 Å². The van der Waals surface area contributed by atoms with Crippen molar-refractivity contribution >= 4 is 18.1 Å². The highest BCUT2D eigenvalue weighted by Crippen LogP contribution is 2.27. The minimum atomic E-state index is -0.394. The smallest absolute Gasteiger partial charge is 0.272 e. The van der Waals surface area contributed by atoms with E-state index in [4.69, 9.17) is 10.5 Å². The first-order chi connectivity index (χ1) is 7.06. The molecule has 0 aliphatic carbocycles. The van der Waals surface area contributed by atoms with Gasteiger partial charge in [-0.25, -0.2) is 0 Å².